The van der Waals surface area contributed by atoms with E-state index < -0.39 is 8.80 Å². The number of hydrogen-bond donors (Lipinski definition) is 0. The second-order valence-electron chi connectivity index (χ2n) is 4.31. The predicted octanol–water partition coefficient (Wildman–Crippen LogP) is 2.66. The van der Waals surface area contributed by atoms with Gasteiger partial charge in [-0.2, -0.15) is 0 Å². The Hall–Kier alpha value is -1.27. The number of hydrogen-bond acceptors (Lipinski definition) is 4. The number of fused-ring (bicyclic) bond motifs is 1. The number of nitrogens with zero attached hydrogens (tertiary/aromatic N) is 1. The van der Waals surface area contributed by atoms with Crippen LogP contribution in [0.4, 0.5) is 0 Å². The van der Waals surface area contributed by atoms with E-state index in [9.17, 15) is 0 Å². The fourth-order valence-electron chi connectivity index (χ4n) is 2.24. The summed E-state index contributed by atoms with van der Waals surface area (Å²) in [4.78, 5) is 4.20. The quantitative estimate of drug-likeness (QED) is 0.761. The minimum absolute atomic E-state index is 0.754. The van der Waals surface area contributed by atoms with Crippen molar-refractivity contribution in [3.8, 4) is 0 Å². The van der Waals surface area contributed by atoms with Crippen LogP contribution in [0.15, 0.2) is 36.7 Å². The SMILES string of the molecule is CO[Si](CCc1cccc2ccncc12)(OC)OC. The molecule has 0 spiro atoms. The molecule has 0 unspecified atom stereocenters. The lowest BCUT2D eigenvalue weighted by Gasteiger charge is -2.24. The molecule has 0 amide bonds. The van der Waals surface area contributed by atoms with E-state index in [1.807, 2.05) is 18.5 Å². The fraction of sp³-hybridized carbons (Fsp3) is 0.357. The first-order chi connectivity index (χ1) is 9.24. The summed E-state index contributed by atoms with van der Waals surface area (Å²) in [7, 11) is 2.42. The van der Waals surface area contributed by atoms with E-state index in [4.69, 9.17) is 13.3 Å². The Balaban J connectivity index is 2.22. The van der Waals surface area contributed by atoms with Crippen LogP contribution in [0.3, 0.4) is 0 Å². The average Bonchev–Trinajstić information content (AvgIpc) is 2.49. The van der Waals surface area contributed by atoms with Crippen LogP contribution in [0.2, 0.25) is 6.04 Å². The first kappa shape index (κ1) is 14.1. The topological polar surface area (TPSA) is 40.6 Å². The summed E-state index contributed by atoms with van der Waals surface area (Å²) in [6, 6.07) is 9.04. The van der Waals surface area contributed by atoms with E-state index in [2.05, 4.69) is 23.2 Å². The van der Waals surface area contributed by atoms with Gasteiger partial charge in [0.2, 0.25) is 0 Å². The van der Waals surface area contributed by atoms with Crippen molar-refractivity contribution in [2.75, 3.05) is 21.3 Å². The Morgan fingerprint density at radius 3 is 2.47 bits per heavy atom. The molecule has 0 saturated carbocycles. The highest BCUT2D eigenvalue weighted by Gasteiger charge is 2.37. The van der Waals surface area contributed by atoms with E-state index in [-0.39, 0.29) is 0 Å². The van der Waals surface area contributed by atoms with Gasteiger partial charge in [-0.05, 0) is 23.4 Å². The van der Waals surface area contributed by atoms with Crippen molar-refractivity contribution >= 4 is 19.6 Å². The molecule has 0 aliphatic heterocycles. The number of benzene rings is 1. The minimum Gasteiger partial charge on any atom is -0.377 e. The highest BCUT2D eigenvalue weighted by molar-refractivity contribution is 6.60. The predicted molar refractivity (Wildman–Crippen MR) is 77.0 cm³/mol. The van der Waals surface area contributed by atoms with Gasteiger partial charge < -0.3 is 13.3 Å². The lowest BCUT2D eigenvalue weighted by Crippen LogP contribution is -2.43. The van der Waals surface area contributed by atoms with Crippen LogP contribution in [0, 0.1) is 0 Å². The molecule has 0 aliphatic rings. The number of aryl methyl sites for hydroxylation is 1. The van der Waals surface area contributed by atoms with E-state index in [0.717, 1.165) is 12.5 Å². The van der Waals surface area contributed by atoms with Crippen molar-refractivity contribution < 1.29 is 13.3 Å². The number of rotatable bonds is 6. The van der Waals surface area contributed by atoms with Gasteiger partial charge in [-0.15, -0.1) is 0 Å². The molecule has 19 heavy (non-hydrogen) atoms. The van der Waals surface area contributed by atoms with Crippen LogP contribution in [0.5, 0.6) is 0 Å². The molecule has 1 aromatic heterocycles. The Morgan fingerprint density at radius 1 is 1.05 bits per heavy atom. The number of aromatic nitrogens is 1. The summed E-state index contributed by atoms with van der Waals surface area (Å²) < 4.78 is 16.3. The van der Waals surface area contributed by atoms with Gasteiger partial charge in [-0.25, -0.2) is 0 Å². The molecule has 0 fully saturated rings. The van der Waals surface area contributed by atoms with Gasteiger partial charge in [0.25, 0.3) is 0 Å². The largest absolute Gasteiger partial charge is 0.500 e. The van der Waals surface area contributed by atoms with Crippen molar-refractivity contribution in [1.82, 2.24) is 4.98 Å². The molecule has 2 rings (SSSR count). The zero-order chi connectivity index (χ0) is 13.7. The Bertz CT molecular complexity index is 529. The normalized spacial score (nSPS) is 11.9. The first-order valence-electron chi connectivity index (χ1n) is 6.22. The van der Waals surface area contributed by atoms with Gasteiger partial charge in [-0.1, -0.05) is 18.2 Å². The molecule has 0 saturated heterocycles. The molecule has 102 valence electrons. The van der Waals surface area contributed by atoms with E-state index in [1.54, 1.807) is 21.3 Å². The second-order valence-corrected chi connectivity index (χ2v) is 7.40. The molecule has 0 atom stereocenters. The second kappa shape index (κ2) is 6.25. The molecule has 0 N–H and O–H groups in total. The lowest BCUT2D eigenvalue weighted by atomic mass is 10.1. The third kappa shape index (κ3) is 3.01. The summed E-state index contributed by atoms with van der Waals surface area (Å²) in [5, 5.41) is 2.38. The van der Waals surface area contributed by atoms with Gasteiger partial charge >= 0.3 is 8.80 Å². The van der Waals surface area contributed by atoms with Gasteiger partial charge in [-0.3, -0.25) is 4.98 Å². The van der Waals surface area contributed by atoms with Crippen LogP contribution in [-0.4, -0.2) is 35.1 Å². The zero-order valence-electron chi connectivity index (χ0n) is 11.6. The summed E-state index contributed by atoms with van der Waals surface area (Å²) in [6.45, 7) is 0. The summed E-state index contributed by atoms with van der Waals surface area (Å²) >= 11 is 0. The Labute approximate surface area is 114 Å². The van der Waals surface area contributed by atoms with E-state index in [1.165, 1.54) is 16.3 Å². The zero-order valence-corrected chi connectivity index (χ0v) is 12.6. The molecule has 1 heterocycles. The van der Waals surface area contributed by atoms with Crippen molar-refractivity contribution in [2.24, 2.45) is 0 Å². The summed E-state index contributed by atoms with van der Waals surface area (Å²) in [5.41, 5.74) is 1.24. The minimum atomic E-state index is -2.51. The van der Waals surface area contributed by atoms with Crippen LogP contribution in [-0.2, 0) is 19.7 Å². The fourth-order valence-corrected chi connectivity index (χ4v) is 3.93. The molecular formula is C14H19NO3Si. The molecule has 0 aliphatic carbocycles. The lowest BCUT2D eigenvalue weighted by molar-refractivity contribution is 0.124. The van der Waals surface area contributed by atoms with Gasteiger partial charge in [0, 0.05) is 45.2 Å². The highest BCUT2D eigenvalue weighted by atomic mass is 28.4. The van der Waals surface area contributed by atoms with Crippen LogP contribution in [0.25, 0.3) is 10.8 Å². The molecule has 1 aromatic carbocycles. The van der Waals surface area contributed by atoms with Crippen molar-refractivity contribution in [3.05, 3.63) is 42.2 Å². The van der Waals surface area contributed by atoms with Crippen molar-refractivity contribution in [3.63, 3.8) is 0 Å². The molecule has 2 aromatic rings. The number of pyridine rings is 1. The first-order valence-corrected chi connectivity index (χ1v) is 8.15. The summed E-state index contributed by atoms with van der Waals surface area (Å²) in [5.74, 6) is 0. The third-order valence-corrected chi connectivity index (χ3v) is 6.14. The van der Waals surface area contributed by atoms with Crippen LogP contribution < -0.4 is 0 Å². The highest BCUT2D eigenvalue weighted by Crippen LogP contribution is 2.22. The standard InChI is InChI=1S/C14H19NO3Si/c1-16-19(17-2,18-3)10-8-13-6-4-5-12-7-9-15-11-14(12)13/h4-7,9,11H,8,10H2,1-3H3. The monoisotopic (exact) mass is 277 g/mol. The average molecular weight is 277 g/mol. The van der Waals surface area contributed by atoms with E-state index >= 15 is 0 Å². The molecule has 4 nitrogen and oxygen atoms in total. The van der Waals surface area contributed by atoms with E-state index in [0.29, 0.717) is 0 Å². The van der Waals surface area contributed by atoms with Gasteiger partial charge in [0.15, 0.2) is 0 Å². The van der Waals surface area contributed by atoms with Crippen molar-refractivity contribution in [1.29, 1.82) is 0 Å². The maximum Gasteiger partial charge on any atom is 0.500 e. The Kier molecular flexibility index (Phi) is 4.65. The van der Waals surface area contributed by atoms with Gasteiger partial charge in [0.05, 0.1) is 0 Å². The van der Waals surface area contributed by atoms with Crippen LogP contribution >= 0.6 is 0 Å². The van der Waals surface area contributed by atoms with Crippen molar-refractivity contribution in [2.45, 2.75) is 12.5 Å². The van der Waals surface area contributed by atoms with Crippen LogP contribution in [0.1, 0.15) is 5.56 Å². The maximum absolute atomic E-state index is 5.45. The molecule has 5 heteroatoms. The third-order valence-electron chi connectivity index (χ3n) is 3.41. The Morgan fingerprint density at radius 2 is 1.79 bits per heavy atom. The molecule has 0 radical (unpaired) electrons. The smallest absolute Gasteiger partial charge is 0.377 e. The summed E-state index contributed by atoms with van der Waals surface area (Å²) in [6.07, 6.45) is 4.57. The van der Waals surface area contributed by atoms with Gasteiger partial charge in [0.1, 0.15) is 0 Å². The molecule has 0 bridgehead atoms. The molecular weight excluding hydrogens is 258 g/mol. The maximum atomic E-state index is 5.45.